The van der Waals surface area contributed by atoms with E-state index in [-0.39, 0.29) is 16.8 Å². The van der Waals surface area contributed by atoms with Crippen LogP contribution in [0.1, 0.15) is 15.9 Å². The molecule has 0 saturated carbocycles. The monoisotopic (exact) mass is 203 g/mol. The number of aldehydes is 1. The van der Waals surface area contributed by atoms with Gasteiger partial charge >= 0.3 is 6.18 Å². The quantitative estimate of drug-likeness (QED) is 0.591. The van der Waals surface area contributed by atoms with Crippen molar-refractivity contribution in [3.8, 4) is 0 Å². The Hall–Kier alpha value is -1.52. The molecule has 2 nitrogen and oxygen atoms in total. The third-order valence-electron chi connectivity index (χ3n) is 1.74. The van der Waals surface area contributed by atoms with Crippen LogP contribution in [0.2, 0.25) is 0 Å². The summed E-state index contributed by atoms with van der Waals surface area (Å²) in [7, 11) is 0. The van der Waals surface area contributed by atoms with Crippen LogP contribution in [0.15, 0.2) is 18.2 Å². The van der Waals surface area contributed by atoms with Gasteiger partial charge in [0.2, 0.25) is 0 Å². The molecule has 14 heavy (non-hydrogen) atoms. The van der Waals surface area contributed by atoms with Gasteiger partial charge in [0.25, 0.3) is 0 Å². The van der Waals surface area contributed by atoms with Crippen LogP contribution in [0, 0.1) is 0 Å². The minimum atomic E-state index is -4.33. The van der Waals surface area contributed by atoms with Gasteiger partial charge in [-0.1, -0.05) is 12.1 Å². The Bertz CT molecular complexity index is 346. The van der Waals surface area contributed by atoms with Gasteiger partial charge in [-0.25, -0.2) is 0 Å². The average Bonchev–Trinajstić information content (AvgIpc) is 2.01. The van der Waals surface area contributed by atoms with E-state index in [4.69, 9.17) is 5.73 Å². The predicted octanol–water partition coefficient (Wildman–Crippen LogP) is 2.19. The molecule has 1 aromatic carbocycles. The number of nitrogen functional groups attached to an aromatic ring is 1. The Morgan fingerprint density at radius 3 is 2.50 bits per heavy atom. The molecule has 0 aliphatic carbocycles. The van der Waals surface area contributed by atoms with Gasteiger partial charge in [0.05, 0.1) is 6.42 Å². The number of halogens is 3. The summed E-state index contributed by atoms with van der Waals surface area (Å²) in [6.45, 7) is 0. The molecule has 0 saturated heterocycles. The van der Waals surface area contributed by atoms with Crippen LogP contribution < -0.4 is 5.73 Å². The Kier molecular flexibility index (Phi) is 2.78. The van der Waals surface area contributed by atoms with E-state index in [0.29, 0.717) is 6.29 Å². The summed E-state index contributed by atoms with van der Waals surface area (Å²) in [5.74, 6) is 0. The van der Waals surface area contributed by atoms with Crippen molar-refractivity contribution in [2.75, 3.05) is 5.73 Å². The predicted molar refractivity (Wildman–Crippen MR) is 46.0 cm³/mol. The molecule has 0 atom stereocenters. The number of hydrogen-bond acceptors (Lipinski definition) is 2. The third-order valence-corrected chi connectivity index (χ3v) is 1.74. The lowest BCUT2D eigenvalue weighted by Gasteiger charge is -2.09. The van der Waals surface area contributed by atoms with Gasteiger partial charge in [-0.05, 0) is 11.6 Å². The normalized spacial score (nSPS) is 11.4. The van der Waals surface area contributed by atoms with E-state index in [1.807, 2.05) is 0 Å². The van der Waals surface area contributed by atoms with Gasteiger partial charge in [-0.15, -0.1) is 0 Å². The summed E-state index contributed by atoms with van der Waals surface area (Å²) in [6, 6.07) is 4.03. The van der Waals surface area contributed by atoms with Crippen LogP contribution in [-0.4, -0.2) is 12.5 Å². The maximum atomic E-state index is 12.0. The van der Waals surface area contributed by atoms with E-state index in [1.54, 1.807) is 0 Å². The number of nitrogens with two attached hydrogens (primary N) is 1. The van der Waals surface area contributed by atoms with Gasteiger partial charge < -0.3 is 5.73 Å². The number of carbonyl (C=O) groups excluding carboxylic acids is 1. The lowest BCUT2D eigenvalue weighted by Crippen LogP contribution is -2.13. The maximum Gasteiger partial charge on any atom is 0.393 e. The Morgan fingerprint density at radius 1 is 1.36 bits per heavy atom. The molecule has 0 aliphatic rings. The highest BCUT2D eigenvalue weighted by Crippen LogP contribution is 2.25. The first-order chi connectivity index (χ1) is 6.44. The summed E-state index contributed by atoms with van der Waals surface area (Å²) in [6.07, 6.45) is -5.12. The molecule has 1 aromatic rings. The second kappa shape index (κ2) is 3.69. The van der Waals surface area contributed by atoms with Crippen LogP contribution in [-0.2, 0) is 6.42 Å². The number of hydrogen-bond donors (Lipinski definition) is 1. The number of carbonyl (C=O) groups is 1. The van der Waals surface area contributed by atoms with Crippen molar-refractivity contribution < 1.29 is 18.0 Å². The number of alkyl halides is 3. The van der Waals surface area contributed by atoms with Gasteiger partial charge in [0.1, 0.15) is 0 Å². The van der Waals surface area contributed by atoms with Crippen molar-refractivity contribution in [2.45, 2.75) is 12.6 Å². The molecular formula is C9H8F3NO. The van der Waals surface area contributed by atoms with Crippen LogP contribution >= 0.6 is 0 Å². The molecule has 1 rings (SSSR count). The molecule has 0 unspecified atom stereocenters. The zero-order chi connectivity index (χ0) is 10.8. The van der Waals surface area contributed by atoms with Crippen LogP contribution in [0.4, 0.5) is 18.9 Å². The molecule has 76 valence electrons. The fourth-order valence-corrected chi connectivity index (χ4v) is 1.15. The number of anilines is 1. The van der Waals surface area contributed by atoms with E-state index in [1.165, 1.54) is 18.2 Å². The third kappa shape index (κ3) is 2.48. The van der Waals surface area contributed by atoms with Crippen molar-refractivity contribution >= 4 is 12.0 Å². The molecule has 0 heterocycles. The number of benzene rings is 1. The van der Waals surface area contributed by atoms with Crippen LogP contribution in [0.25, 0.3) is 0 Å². The van der Waals surface area contributed by atoms with Gasteiger partial charge in [-0.3, -0.25) is 4.79 Å². The lowest BCUT2D eigenvalue weighted by molar-refractivity contribution is -0.127. The molecule has 0 fully saturated rings. The second-order valence-electron chi connectivity index (χ2n) is 2.83. The largest absolute Gasteiger partial charge is 0.398 e. The molecule has 0 radical (unpaired) electrons. The van der Waals surface area contributed by atoms with Crippen molar-refractivity contribution in [3.63, 3.8) is 0 Å². The van der Waals surface area contributed by atoms with E-state index < -0.39 is 12.6 Å². The number of rotatable bonds is 2. The Labute approximate surface area is 78.5 Å². The van der Waals surface area contributed by atoms with Crippen LogP contribution in [0.5, 0.6) is 0 Å². The highest BCUT2D eigenvalue weighted by atomic mass is 19.4. The maximum absolute atomic E-state index is 12.0. The van der Waals surface area contributed by atoms with Crippen molar-refractivity contribution in [1.29, 1.82) is 0 Å². The minimum absolute atomic E-state index is 0.0711. The van der Waals surface area contributed by atoms with E-state index in [2.05, 4.69) is 0 Å². The fraction of sp³-hybridized carbons (Fsp3) is 0.222. The lowest BCUT2D eigenvalue weighted by atomic mass is 10.0. The summed E-state index contributed by atoms with van der Waals surface area (Å²) in [5, 5.41) is 0. The summed E-state index contributed by atoms with van der Waals surface area (Å²) in [5.41, 5.74) is 5.25. The van der Waals surface area contributed by atoms with Crippen molar-refractivity contribution in [2.24, 2.45) is 0 Å². The Balaban J connectivity index is 3.08. The standard InChI is InChI=1S/C9H8F3NO/c10-9(11,12)4-6-2-1-3-8(13)7(6)5-14/h1-3,5H,4,13H2. The zero-order valence-corrected chi connectivity index (χ0v) is 7.14. The molecule has 0 aromatic heterocycles. The highest BCUT2D eigenvalue weighted by molar-refractivity contribution is 5.85. The molecule has 0 bridgehead atoms. The molecule has 0 aliphatic heterocycles. The summed E-state index contributed by atoms with van der Waals surface area (Å²) < 4.78 is 36.1. The van der Waals surface area contributed by atoms with Crippen molar-refractivity contribution in [1.82, 2.24) is 0 Å². The van der Waals surface area contributed by atoms with E-state index >= 15 is 0 Å². The minimum Gasteiger partial charge on any atom is -0.398 e. The first kappa shape index (κ1) is 10.6. The second-order valence-corrected chi connectivity index (χ2v) is 2.83. The average molecular weight is 203 g/mol. The summed E-state index contributed by atoms with van der Waals surface area (Å²) in [4.78, 5) is 10.5. The first-order valence-corrected chi connectivity index (χ1v) is 3.83. The smallest absolute Gasteiger partial charge is 0.393 e. The van der Waals surface area contributed by atoms with E-state index in [0.717, 1.165) is 0 Å². The fourth-order valence-electron chi connectivity index (χ4n) is 1.15. The Morgan fingerprint density at radius 2 is 2.00 bits per heavy atom. The highest BCUT2D eigenvalue weighted by Gasteiger charge is 2.29. The van der Waals surface area contributed by atoms with Crippen molar-refractivity contribution in [3.05, 3.63) is 29.3 Å². The zero-order valence-electron chi connectivity index (χ0n) is 7.14. The molecule has 5 heteroatoms. The van der Waals surface area contributed by atoms with Gasteiger partial charge in [-0.2, -0.15) is 13.2 Å². The van der Waals surface area contributed by atoms with E-state index in [9.17, 15) is 18.0 Å². The molecule has 2 N–H and O–H groups in total. The molecule has 0 spiro atoms. The molecular weight excluding hydrogens is 195 g/mol. The SMILES string of the molecule is Nc1cccc(CC(F)(F)F)c1C=O. The van der Waals surface area contributed by atoms with Crippen LogP contribution in [0.3, 0.4) is 0 Å². The molecule has 0 amide bonds. The topological polar surface area (TPSA) is 43.1 Å². The first-order valence-electron chi connectivity index (χ1n) is 3.83. The van der Waals surface area contributed by atoms with Gasteiger partial charge in [0, 0.05) is 11.3 Å². The van der Waals surface area contributed by atoms with Gasteiger partial charge in [0.15, 0.2) is 6.29 Å². The summed E-state index contributed by atoms with van der Waals surface area (Å²) >= 11 is 0.